The van der Waals surface area contributed by atoms with E-state index in [-0.39, 0.29) is 5.82 Å². The van der Waals surface area contributed by atoms with Crippen LogP contribution in [0, 0.1) is 0 Å². The number of anilines is 1. The third-order valence-electron chi connectivity index (χ3n) is 2.12. The number of nitrogens with zero attached hydrogens (tertiary/aromatic N) is 2. The van der Waals surface area contributed by atoms with Crippen molar-refractivity contribution < 1.29 is 18.0 Å². The number of methoxy groups -OCH3 is 1. The first-order valence-corrected chi connectivity index (χ1v) is 4.68. The Labute approximate surface area is 95.2 Å². The molecule has 0 aliphatic rings. The van der Waals surface area contributed by atoms with Gasteiger partial charge in [-0.05, 0) is 12.1 Å². The topological polar surface area (TPSA) is 74.2 Å². The number of halogens is 2. The van der Waals surface area contributed by atoms with Gasteiger partial charge in [-0.1, -0.05) is 11.2 Å². The number of nitrogens with two attached hydrogens (primary N) is 1. The number of hydrogen-bond acceptors (Lipinski definition) is 5. The van der Waals surface area contributed by atoms with Crippen LogP contribution in [0.3, 0.4) is 0 Å². The van der Waals surface area contributed by atoms with Gasteiger partial charge in [0.2, 0.25) is 5.82 Å². The van der Waals surface area contributed by atoms with Crippen molar-refractivity contribution in [2.24, 2.45) is 0 Å². The molecule has 1 heterocycles. The molecular weight excluding hydrogens is 232 g/mol. The molecule has 0 unspecified atom stereocenters. The maximum atomic E-state index is 12.3. The summed E-state index contributed by atoms with van der Waals surface area (Å²) in [6, 6.07) is 4.87. The molecule has 90 valence electrons. The van der Waals surface area contributed by atoms with E-state index in [1.807, 2.05) is 0 Å². The number of aromatic nitrogens is 2. The quantitative estimate of drug-likeness (QED) is 0.834. The van der Waals surface area contributed by atoms with Gasteiger partial charge in [-0.25, -0.2) is 0 Å². The van der Waals surface area contributed by atoms with Crippen molar-refractivity contribution in [3.05, 3.63) is 24.1 Å². The molecule has 0 amide bonds. The first-order valence-electron chi connectivity index (χ1n) is 4.68. The fourth-order valence-corrected chi connectivity index (χ4v) is 1.39. The molecule has 0 aliphatic heterocycles. The Morgan fingerprint density at radius 1 is 1.41 bits per heavy atom. The van der Waals surface area contributed by atoms with Gasteiger partial charge in [0.05, 0.1) is 18.4 Å². The molecule has 1 aromatic heterocycles. The summed E-state index contributed by atoms with van der Waals surface area (Å²) >= 11 is 0. The van der Waals surface area contributed by atoms with Crippen molar-refractivity contribution in [1.82, 2.24) is 10.1 Å². The molecule has 5 nitrogen and oxygen atoms in total. The Morgan fingerprint density at radius 2 is 2.18 bits per heavy atom. The minimum absolute atomic E-state index is 0.0180. The van der Waals surface area contributed by atoms with E-state index in [9.17, 15) is 8.78 Å². The summed E-state index contributed by atoms with van der Waals surface area (Å²) in [5.74, 6) is -0.386. The Kier molecular flexibility index (Phi) is 2.90. The van der Waals surface area contributed by atoms with Crippen molar-refractivity contribution in [2.45, 2.75) is 6.43 Å². The first kappa shape index (κ1) is 11.3. The van der Waals surface area contributed by atoms with Crippen LogP contribution in [0.4, 0.5) is 14.5 Å². The third-order valence-corrected chi connectivity index (χ3v) is 2.12. The first-order chi connectivity index (χ1) is 8.13. The summed E-state index contributed by atoms with van der Waals surface area (Å²) in [7, 11) is 1.42. The standard InChI is InChI=1S/C10H9F2N3O2/c1-16-7-5(3-2-4-6(7)13)9-14-10(8(11)12)17-15-9/h2-4,8H,13H2,1H3. The summed E-state index contributed by atoms with van der Waals surface area (Å²) in [4.78, 5) is 3.57. The number of nitrogen functional groups attached to an aromatic ring is 1. The van der Waals surface area contributed by atoms with Gasteiger partial charge in [-0.15, -0.1) is 0 Å². The summed E-state index contributed by atoms with van der Waals surface area (Å²) < 4.78 is 34.1. The Hall–Kier alpha value is -2.18. The van der Waals surface area contributed by atoms with Crippen LogP contribution in [0.1, 0.15) is 12.3 Å². The molecule has 17 heavy (non-hydrogen) atoms. The molecule has 0 radical (unpaired) electrons. The van der Waals surface area contributed by atoms with Crippen LogP contribution in [0.5, 0.6) is 5.75 Å². The van der Waals surface area contributed by atoms with E-state index in [1.165, 1.54) is 7.11 Å². The molecule has 2 aromatic rings. The van der Waals surface area contributed by atoms with Gasteiger partial charge in [-0.3, -0.25) is 0 Å². The lowest BCUT2D eigenvalue weighted by atomic mass is 10.1. The van der Waals surface area contributed by atoms with Crippen LogP contribution < -0.4 is 10.5 Å². The number of ether oxygens (including phenoxy) is 1. The third kappa shape index (κ3) is 2.03. The summed E-state index contributed by atoms with van der Waals surface area (Å²) in [6.07, 6.45) is -2.80. The van der Waals surface area contributed by atoms with Crippen molar-refractivity contribution in [1.29, 1.82) is 0 Å². The summed E-state index contributed by atoms with van der Waals surface area (Å²) in [5, 5.41) is 3.46. The molecule has 2 rings (SSSR count). The molecular formula is C10H9F2N3O2. The van der Waals surface area contributed by atoms with Crippen LogP contribution in [0.15, 0.2) is 22.7 Å². The average molecular weight is 241 g/mol. The lowest BCUT2D eigenvalue weighted by Crippen LogP contribution is -1.95. The van der Waals surface area contributed by atoms with Crippen molar-refractivity contribution >= 4 is 5.69 Å². The zero-order valence-corrected chi connectivity index (χ0v) is 8.85. The minimum Gasteiger partial charge on any atom is -0.494 e. The van der Waals surface area contributed by atoms with Crippen LogP contribution in [0.2, 0.25) is 0 Å². The second kappa shape index (κ2) is 4.36. The molecule has 0 saturated carbocycles. The molecule has 0 saturated heterocycles. The van der Waals surface area contributed by atoms with Crippen LogP contribution in [-0.2, 0) is 0 Å². The molecule has 0 atom stereocenters. The van der Waals surface area contributed by atoms with E-state index in [2.05, 4.69) is 14.7 Å². The number of alkyl halides is 2. The Balaban J connectivity index is 2.48. The van der Waals surface area contributed by atoms with Gasteiger partial charge < -0.3 is 15.0 Å². The second-order valence-electron chi connectivity index (χ2n) is 3.18. The zero-order valence-electron chi connectivity index (χ0n) is 8.85. The van der Waals surface area contributed by atoms with Crippen molar-refractivity contribution in [3.8, 4) is 17.1 Å². The largest absolute Gasteiger partial charge is 0.494 e. The predicted molar refractivity (Wildman–Crippen MR) is 55.7 cm³/mol. The molecule has 0 aliphatic carbocycles. The minimum atomic E-state index is -2.80. The van der Waals surface area contributed by atoms with Gasteiger partial charge in [-0.2, -0.15) is 13.8 Å². The zero-order chi connectivity index (χ0) is 12.4. The predicted octanol–water partition coefficient (Wildman–Crippen LogP) is 2.27. The van der Waals surface area contributed by atoms with Crippen LogP contribution in [-0.4, -0.2) is 17.3 Å². The van der Waals surface area contributed by atoms with E-state index in [0.29, 0.717) is 17.0 Å². The maximum Gasteiger partial charge on any atom is 0.315 e. The van der Waals surface area contributed by atoms with Crippen LogP contribution in [0.25, 0.3) is 11.4 Å². The van der Waals surface area contributed by atoms with E-state index in [0.717, 1.165) is 0 Å². The van der Waals surface area contributed by atoms with E-state index in [4.69, 9.17) is 10.5 Å². The molecule has 2 N–H and O–H groups in total. The lowest BCUT2D eigenvalue weighted by Gasteiger charge is -2.07. The number of para-hydroxylation sites is 1. The second-order valence-corrected chi connectivity index (χ2v) is 3.18. The maximum absolute atomic E-state index is 12.3. The molecule has 0 bridgehead atoms. The Bertz CT molecular complexity index is 528. The number of benzene rings is 1. The molecule has 0 spiro atoms. The van der Waals surface area contributed by atoms with E-state index in [1.54, 1.807) is 18.2 Å². The lowest BCUT2D eigenvalue weighted by molar-refractivity contribution is 0.106. The summed E-state index contributed by atoms with van der Waals surface area (Å²) in [5.41, 5.74) is 6.45. The highest BCUT2D eigenvalue weighted by Crippen LogP contribution is 2.33. The van der Waals surface area contributed by atoms with Crippen molar-refractivity contribution in [3.63, 3.8) is 0 Å². The van der Waals surface area contributed by atoms with Gasteiger partial charge in [0.1, 0.15) is 0 Å². The van der Waals surface area contributed by atoms with Gasteiger partial charge in [0, 0.05) is 0 Å². The molecule has 7 heteroatoms. The molecule has 1 aromatic carbocycles. The highest BCUT2D eigenvalue weighted by Gasteiger charge is 2.19. The fraction of sp³-hybridized carbons (Fsp3) is 0.200. The average Bonchev–Trinajstić information content (AvgIpc) is 2.77. The highest BCUT2D eigenvalue weighted by molar-refractivity contribution is 5.72. The van der Waals surface area contributed by atoms with Gasteiger partial charge in [0.25, 0.3) is 5.89 Å². The fourth-order valence-electron chi connectivity index (χ4n) is 1.39. The monoisotopic (exact) mass is 241 g/mol. The summed E-state index contributed by atoms with van der Waals surface area (Å²) in [6.45, 7) is 0. The number of rotatable bonds is 3. The van der Waals surface area contributed by atoms with Crippen molar-refractivity contribution in [2.75, 3.05) is 12.8 Å². The van der Waals surface area contributed by atoms with Gasteiger partial charge in [0.15, 0.2) is 5.75 Å². The number of hydrogen-bond donors (Lipinski definition) is 1. The SMILES string of the molecule is COc1c(N)cccc1-c1noc(C(F)F)n1. The Morgan fingerprint density at radius 3 is 2.76 bits per heavy atom. The normalized spacial score (nSPS) is 10.8. The van der Waals surface area contributed by atoms with Gasteiger partial charge >= 0.3 is 6.43 Å². The van der Waals surface area contributed by atoms with Crippen LogP contribution >= 0.6 is 0 Å². The smallest absolute Gasteiger partial charge is 0.315 e. The van der Waals surface area contributed by atoms with E-state index < -0.39 is 12.3 Å². The highest BCUT2D eigenvalue weighted by atomic mass is 19.3. The van der Waals surface area contributed by atoms with E-state index >= 15 is 0 Å². The molecule has 0 fully saturated rings.